The van der Waals surface area contributed by atoms with E-state index >= 15 is 0 Å². The third-order valence-corrected chi connectivity index (χ3v) is 3.38. The minimum Gasteiger partial charge on any atom is -0.339 e. The van der Waals surface area contributed by atoms with Crippen molar-refractivity contribution in [3.8, 4) is 0 Å². The molecule has 0 atom stereocenters. The summed E-state index contributed by atoms with van der Waals surface area (Å²) in [5, 5.41) is 1.55. The SMILES string of the molecule is CCCCc1nc2c([nH]1)c(Cl)nc1ccccc12. The van der Waals surface area contributed by atoms with Crippen molar-refractivity contribution in [1.82, 2.24) is 15.0 Å². The number of H-pyrrole nitrogens is 1. The number of nitrogens with zero attached hydrogens (tertiary/aromatic N) is 2. The second kappa shape index (κ2) is 4.58. The van der Waals surface area contributed by atoms with E-state index in [9.17, 15) is 0 Å². The molecule has 3 aromatic rings. The average molecular weight is 260 g/mol. The third-order valence-electron chi connectivity index (χ3n) is 3.10. The lowest BCUT2D eigenvalue weighted by molar-refractivity contribution is 0.765. The van der Waals surface area contributed by atoms with Crippen LogP contribution in [-0.4, -0.2) is 15.0 Å². The number of aryl methyl sites for hydroxylation is 1. The van der Waals surface area contributed by atoms with Crippen LogP contribution in [0.2, 0.25) is 5.15 Å². The van der Waals surface area contributed by atoms with E-state index in [0.717, 1.165) is 47.0 Å². The van der Waals surface area contributed by atoms with Gasteiger partial charge in [0.2, 0.25) is 0 Å². The van der Waals surface area contributed by atoms with Crippen LogP contribution in [0, 0.1) is 0 Å². The number of benzene rings is 1. The fourth-order valence-corrected chi connectivity index (χ4v) is 2.39. The summed E-state index contributed by atoms with van der Waals surface area (Å²) in [5.74, 6) is 0.993. The Morgan fingerprint density at radius 2 is 2.06 bits per heavy atom. The van der Waals surface area contributed by atoms with Crippen LogP contribution in [-0.2, 0) is 6.42 Å². The molecule has 0 fully saturated rings. The molecule has 3 nitrogen and oxygen atoms in total. The van der Waals surface area contributed by atoms with Gasteiger partial charge < -0.3 is 4.98 Å². The number of para-hydroxylation sites is 1. The van der Waals surface area contributed by atoms with E-state index in [2.05, 4.69) is 21.9 Å². The van der Waals surface area contributed by atoms with Gasteiger partial charge in [-0.3, -0.25) is 0 Å². The van der Waals surface area contributed by atoms with Gasteiger partial charge in [0.05, 0.1) is 5.52 Å². The lowest BCUT2D eigenvalue weighted by atomic mass is 10.2. The highest BCUT2D eigenvalue weighted by atomic mass is 35.5. The number of imidazole rings is 1. The molecular weight excluding hydrogens is 246 g/mol. The van der Waals surface area contributed by atoms with Crippen LogP contribution in [0.5, 0.6) is 0 Å². The van der Waals surface area contributed by atoms with Crippen molar-refractivity contribution in [2.75, 3.05) is 0 Å². The van der Waals surface area contributed by atoms with Crippen molar-refractivity contribution >= 4 is 33.5 Å². The van der Waals surface area contributed by atoms with Gasteiger partial charge in [-0.2, -0.15) is 0 Å². The summed E-state index contributed by atoms with van der Waals surface area (Å²) in [6, 6.07) is 7.95. The Bertz CT molecular complexity index is 703. The van der Waals surface area contributed by atoms with Crippen LogP contribution in [0.25, 0.3) is 21.9 Å². The zero-order valence-corrected chi connectivity index (χ0v) is 11.0. The van der Waals surface area contributed by atoms with Crippen LogP contribution in [0.4, 0.5) is 0 Å². The summed E-state index contributed by atoms with van der Waals surface area (Å²) in [6.07, 6.45) is 3.24. The Labute approximate surface area is 110 Å². The molecule has 0 radical (unpaired) electrons. The molecule has 1 aromatic carbocycles. The molecule has 18 heavy (non-hydrogen) atoms. The first-order chi connectivity index (χ1) is 8.79. The van der Waals surface area contributed by atoms with Crippen LogP contribution in [0.1, 0.15) is 25.6 Å². The van der Waals surface area contributed by atoms with E-state index in [-0.39, 0.29) is 0 Å². The molecule has 4 heteroatoms. The number of unbranched alkanes of at least 4 members (excludes halogenated alkanes) is 1. The number of hydrogen-bond acceptors (Lipinski definition) is 2. The molecule has 0 spiro atoms. The van der Waals surface area contributed by atoms with E-state index in [0.29, 0.717) is 5.15 Å². The van der Waals surface area contributed by atoms with Crippen molar-refractivity contribution < 1.29 is 0 Å². The normalized spacial score (nSPS) is 11.4. The number of nitrogens with one attached hydrogen (secondary N) is 1. The lowest BCUT2D eigenvalue weighted by Crippen LogP contribution is -1.86. The number of pyridine rings is 1. The molecule has 2 aromatic heterocycles. The maximum absolute atomic E-state index is 6.20. The Hall–Kier alpha value is -1.61. The monoisotopic (exact) mass is 259 g/mol. The van der Waals surface area contributed by atoms with Gasteiger partial charge >= 0.3 is 0 Å². The summed E-state index contributed by atoms with van der Waals surface area (Å²) < 4.78 is 0. The fraction of sp³-hybridized carbons (Fsp3) is 0.286. The van der Waals surface area contributed by atoms with Crippen molar-refractivity contribution in [1.29, 1.82) is 0 Å². The third kappa shape index (κ3) is 1.85. The molecule has 3 rings (SSSR count). The topological polar surface area (TPSA) is 41.6 Å². The zero-order chi connectivity index (χ0) is 12.5. The summed E-state index contributed by atoms with van der Waals surface area (Å²) in [6.45, 7) is 2.17. The smallest absolute Gasteiger partial charge is 0.155 e. The van der Waals surface area contributed by atoms with Gasteiger partial charge in [-0.1, -0.05) is 43.1 Å². The highest BCUT2D eigenvalue weighted by Gasteiger charge is 2.11. The van der Waals surface area contributed by atoms with Gasteiger partial charge in [0.15, 0.2) is 5.15 Å². The molecule has 0 aliphatic rings. The van der Waals surface area contributed by atoms with Crippen molar-refractivity contribution in [2.24, 2.45) is 0 Å². The van der Waals surface area contributed by atoms with Crippen molar-refractivity contribution in [2.45, 2.75) is 26.2 Å². The Morgan fingerprint density at radius 1 is 1.22 bits per heavy atom. The second-order valence-corrected chi connectivity index (χ2v) is 4.79. The van der Waals surface area contributed by atoms with Gasteiger partial charge in [-0.05, 0) is 12.5 Å². The first-order valence-corrected chi connectivity index (χ1v) is 6.60. The molecule has 92 valence electrons. The number of aromatic nitrogens is 3. The van der Waals surface area contributed by atoms with E-state index in [1.807, 2.05) is 24.3 Å². The number of hydrogen-bond donors (Lipinski definition) is 1. The van der Waals surface area contributed by atoms with Crippen LogP contribution >= 0.6 is 11.6 Å². The van der Waals surface area contributed by atoms with E-state index in [1.165, 1.54) is 0 Å². The number of aromatic amines is 1. The molecule has 0 saturated heterocycles. The number of fused-ring (bicyclic) bond motifs is 3. The van der Waals surface area contributed by atoms with E-state index in [1.54, 1.807) is 0 Å². The van der Waals surface area contributed by atoms with E-state index in [4.69, 9.17) is 11.6 Å². The van der Waals surface area contributed by atoms with Gasteiger partial charge in [-0.25, -0.2) is 9.97 Å². The average Bonchev–Trinajstić information content (AvgIpc) is 2.81. The fourth-order valence-electron chi connectivity index (χ4n) is 2.16. The molecule has 0 bridgehead atoms. The largest absolute Gasteiger partial charge is 0.339 e. The first kappa shape index (κ1) is 11.5. The Morgan fingerprint density at radius 3 is 2.89 bits per heavy atom. The zero-order valence-electron chi connectivity index (χ0n) is 10.2. The van der Waals surface area contributed by atoms with Crippen molar-refractivity contribution in [3.63, 3.8) is 0 Å². The quantitative estimate of drug-likeness (QED) is 0.720. The maximum atomic E-state index is 6.20. The molecule has 0 saturated carbocycles. The Balaban J connectivity index is 2.24. The predicted molar refractivity (Wildman–Crippen MR) is 75.0 cm³/mol. The maximum Gasteiger partial charge on any atom is 0.155 e. The lowest BCUT2D eigenvalue weighted by Gasteiger charge is -1.98. The summed E-state index contributed by atoms with van der Waals surface area (Å²) in [7, 11) is 0. The number of rotatable bonds is 3. The van der Waals surface area contributed by atoms with Gasteiger partial charge in [-0.15, -0.1) is 0 Å². The first-order valence-electron chi connectivity index (χ1n) is 6.22. The van der Waals surface area contributed by atoms with E-state index < -0.39 is 0 Å². The van der Waals surface area contributed by atoms with Gasteiger partial charge in [0.1, 0.15) is 16.9 Å². The van der Waals surface area contributed by atoms with Crippen molar-refractivity contribution in [3.05, 3.63) is 35.2 Å². The minimum absolute atomic E-state index is 0.499. The Kier molecular flexibility index (Phi) is 2.92. The minimum atomic E-state index is 0.499. The highest BCUT2D eigenvalue weighted by Crippen LogP contribution is 2.27. The molecule has 0 aliphatic carbocycles. The van der Waals surface area contributed by atoms with Crippen LogP contribution < -0.4 is 0 Å². The molecule has 0 aliphatic heterocycles. The molecule has 0 amide bonds. The van der Waals surface area contributed by atoms with Gasteiger partial charge in [0.25, 0.3) is 0 Å². The van der Waals surface area contributed by atoms with Crippen LogP contribution in [0.3, 0.4) is 0 Å². The molecular formula is C14H14ClN3. The summed E-state index contributed by atoms with van der Waals surface area (Å²) in [5.41, 5.74) is 2.67. The highest BCUT2D eigenvalue weighted by molar-refractivity contribution is 6.35. The molecule has 1 N–H and O–H groups in total. The molecule has 0 unspecified atom stereocenters. The second-order valence-electron chi connectivity index (χ2n) is 4.43. The summed E-state index contributed by atoms with van der Waals surface area (Å²) in [4.78, 5) is 12.3. The summed E-state index contributed by atoms with van der Waals surface area (Å²) >= 11 is 6.20. The molecule has 2 heterocycles. The van der Waals surface area contributed by atoms with Gasteiger partial charge in [0, 0.05) is 11.8 Å². The number of halogens is 1. The predicted octanol–water partition coefficient (Wildman–Crippen LogP) is 4.11. The van der Waals surface area contributed by atoms with Crippen LogP contribution in [0.15, 0.2) is 24.3 Å². The standard InChI is InChI=1S/C14H14ClN3/c1-2-3-8-11-17-12-9-6-4-5-7-10(9)16-14(15)13(12)18-11/h4-7H,2-3,8H2,1H3,(H,17,18).